The zero-order chi connectivity index (χ0) is 18.4. The standard InChI is InChI=1S/C19H19N3O3/c1-4-6-13(5-2)16(20)8-14(23)10-25-19-15-7-12(3)18(24)9-17(15)21-11-22-19/h4-9,11,24H,1-2,10,20H2,3H3/b13-6+,16-8-. The van der Waals surface area contributed by atoms with E-state index in [1.807, 2.05) is 0 Å². The van der Waals surface area contributed by atoms with Crippen LogP contribution < -0.4 is 10.5 Å². The first-order chi connectivity index (χ1) is 12.0. The third-order valence-electron chi connectivity index (χ3n) is 3.43. The topological polar surface area (TPSA) is 98.3 Å². The zero-order valence-electron chi connectivity index (χ0n) is 13.9. The number of nitrogens with zero attached hydrogens (tertiary/aromatic N) is 2. The molecule has 0 fully saturated rings. The maximum atomic E-state index is 12.1. The van der Waals surface area contributed by atoms with Crippen LogP contribution in [-0.4, -0.2) is 27.5 Å². The van der Waals surface area contributed by atoms with Crippen LogP contribution in [0.15, 0.2) is 67.2 Å². The van der Waals surface area contributed by atoms with E-state index in [4.69, 9.17) is 10.5 Å². The minimum atomic E-state index is -0.323. The molecule has 0 aliphatic rings. The van der Waals surface area contributed by atoms with Gasteiger partial charge < -0.3 is 15.6 Å². The number of benzene rings is 1. The van der Waals surface area contributed by atoms with Gasteiger partial charge in [-0.25, -0.2) is 9.97 Å². The quantitative estimate of drug-likeness (QED) is 0.595. The first-order valence-corrected chi connectivity index (χ1v) is 7.49. The molecule has 6 nitrogen and oxygen atoms in total. The van der Waals surface area contributed by atoms with Crippen molar-refractivity contribution in [2.75, 3.05) is 6.61 Å². The van der Waals surface area contributed by atoms with E-state index in [0.717, 1.165) is 0 Å². The monoisotopic (exact) mass is 337 g/mol. The number of ether oxygens (including phenoxy) is 1. The number of aromatic hydroxyl groups is 1. The Balaban J connectivity index is 2.19. The van der Waals surface area contributed by atoms with Crippen LogP contribution in [0.1, 0.15) is 5.56 Å². The van der Waals surface area contributed by atoms with Gasteiger partial charge >= 0.3 is 0 Å². The van der Waals surface area contributed by atoms with Gasteiger partial charge in [-0.15, -0.1) is 0 Å². The van der Waals surface area contributed by atoms with E-state index in [-0.39, 0.29) is 29.7 Å². The lowest BCUT2D eigenvalue weighted by atomic mass is 10.1. The molecule has 0 aliphatic carbocycles. The predicted molar refractivity (Wildman–Crippen MR) is 97.2 cm³/mol. The SMILES string of the molecule is C=C/C=C(C=C)/C(N)=C/C(=O)COc1ncnc2cc(O)c(C)cc12. The number of rotatable bonds is 7. The van der Waals surface area contributed by atoms with Gasteiger partial charge in [0.25, 0.3) is 0 Å². The summed E-state index contributed by atoms with van der Waals surface area (Å²) in [5.41, 5.74) is 7.92. The van der Waals surface area contributed by atoms with Gasteiger partial charge in [-0.3, -0.25) is 4.79 Å². The molecule has 3 N–H and O–H groups in total. The Kier molecular flexibility index (Phi) is 5.68. The molecule has 2 rings (SSSR count). The molecule has 0 aliphatic heterocycles. The largest absolute Gasteiger partial charge is 0.508 e. The van der Waals surface area contributed by atoms with Gasteiger partial charge in [0.05, 0.1) is 10.9 Å². The van der Waals surface area contributed by atoms with Gasteiger partial charge in [0.1, 0.15) is 12.1 Å². The Morgan fingerprint density at radius 3 is 2.80 bits per heavy atom. The molecular formula is C19H19N3O3. The van der Waals surface area contributed by atoms with Crippen molar-refractivity contribution in [2.45, 2.75) is 6.92 Å². The van der Waals surface area contributed by atoms with E-state index >= 15 is 0 Å². The van der Waals surface area contributed by atoms with E-state index in [1.165, 1.54) is 24.5 Å². The number of carbonyl (C=O) groups excluding carboxylic acids is 1. The second-order valence-electron chi connectivity index (χ2n) is 5.25. The smallest absolute Gasteiger partial charge is 0.224 e. The summed E-state index contributed by atoms with van der Waals surface area (Å²) in [6.45, 7) is 8.74. The van der Waals surface area contributed by atoms with Crippen LogP contribution in [0.4, 0.5) is 0 Å². The molecule has 0 atom stereocenters. The highest BCUT2D eigenvalue weighted by Crippen LogP contribution is 2.27. The summed E-state index contributed by atoms with van der Waals surface area (Å²) in [5.74, 6) is 0.0745. The molecule has 0 spiro atoms. The molecule has 0 saturated carbocycles. The first kappa shape index (κ1) is 17.9. The van der Waals surface area contributed by atoms with Crippen molar-refractivity contribution in [1.82, 2.24) is 9.97 Å². The Bertz CT molecular complexity index is 898. The van der Waals surface area contributed by atoms with Gasteiger partial charge in [0.15, 0.2) is 12.4 Å². The number of aromatic nitrogens is 2. The number of fused-ring (bicyclic) bond motifs is 1. The highest BCUT2D eigenvalue weighted by atomic mass is 16.5. The van der Waals surface area contributed by atoms with E-state index in [1.54, 1.807) is 25.1 Å². The van der Waals surface area contributed by atoms with E-state index < -0.39 is 0 Å². The Morgan fingerprint density at radius 1 is 1.36 bits per heavy atom. The van der Waals surface area contributed by atoms with Crippen molar-refractivity contribution in [3.05, 3.63) is 72.8 Å². The minimum absolute atomic E-state index is 0.134. The molecule has 0 bridgehead atoms. The lowest BCUT2D eigenvalue weighted by Crippen LogP contribution is -2.12. The molecule has 1 heterocycles. The van der Waals surface area contributed by atoms with Crippen LogP contribution in [0.2, 0.25) is 0 Å². The van der Waals surface area contributed by atoms with Crippen LogP contribution in [0.25, 0.3) is 10.9 Å². The molecule has 0 unspecified atom stereocenters. The fraction of sp³-hybridized carbons (Fsp3) is 0.105. The molecule has 128 valence electrons. The van der Waals surface area contributed by atoms with Crippen LogP contribution in [-0.2, 0) is 4.79 Å². The van der Waals surface area contributed by atoms with Gasteiger partial charge in [0.2, 0.25) is 5.88 Å². The van der Waals surface area contributed by atoms with Crippen molar-refractivity contribution in [3.8, 4) is 11.6 Å². The number of ketones is 1. The van der Waals surface area contributed by atoms with E-state index in [0.29, 0.717) is 22.0 Å². The molecule has 0 radical (unpaired) electrons. The minimum Gasteiger partial charge on any atom is -0.508 e. The van der Waals surface area contributed by atoms with Crippen molar-refractivity contribution in [1.29, 1.82) is 0 Å². The van der Waals surface area contributed by atoms with Crippen LogP contribution in [0.5, 0.6) is 11.6 Å². The van der Waals surface area contributed by atoms with Gasteiger partial charge in [-0.05, 0) is 24.1 Å². The second kappa shape index (κ2) is 7.92. The fourth-order valence-electron chi connectivity index (χ4n) is 2.14. The molecule has 6 heteroatoms. The molecule has 0 amide bonds. The Hall–Kier alpha value is -3.41. The summed E-state index contributed by atoms with van der Waals surface area (Å²) in [6.07, 6.45) is 7.33. The maximum Gasteiger partial charge on any atom is 0.224 e. The number of carbonyl (C=O) groups is 1. The Morgan fingerprint density at radius 2 is 2.12 bits per heavy atom. The maximum absolute atomic E-state index is 12.1. The van der Waals surface area contributed by atoms with E-state index in [2.05, 4.69) is 23.1 Å². The normalized spacial score (nSPS) is 12.0. The number of hydrogen-bond acceptors (Lipinski definition) is 6. The van der Waals surface area contributed by atoms with Gasteiger partial charge in [-0.2, -0.15) is 0 Å². The summed E-state index contributed by atoms with van der Waals surface area (Å²) >= 11 is 0. The number of phenolic OH excluding ortho intramolecular Hbond substituents is 1. The lowest BCUT2D eigenvalue weighted by molar-refractivity contribution is -0.116. The highest BCUT2D eigenvalue weighted by molar-refractivity contribution is 5.93. The Labute approximate surface area is 145 Å². The number of phenols is 1. The zero-order valence-corrected chi connectivity index (χ0v) is 13.9. The van der Waals surface area contributed by atoms with Crippen molar-refractivity contribution in [3.63, 3.8) is 0 Å². The second-order valence-corrected chi connectivity index (χ2v) is 5.25. The number of hydrogen-bond donors (Lipinski definition) is 2. The molecule has 2 aromatic rings. The number of aryl methyl sites for hydroxylation is 1. The van der Waals surface area contributed by atoms with Gasteiger partial charge in [-0.1, -0.05) is 31.4 Å². The average molecular weight is 337 g/mol. The molecule has 25 heavy (non-hydrogen) atoms. The average Bonchev–Trinajstić information content (AvgIpc) is 2.58. The van der Waals surface area contributed by atoms with Crippen LogP contribution in [0.3, 0.4) is 0 Å². The van der Waals surface area contributed by atoms with Crippen molar-refractivity contribution in [2.24, 2.45) is 5.73 Å². The third-order valence-corrected chi connectivity index (χ3v) is 3.43. The summed E-state index contributed by atoms with van der Waals surface area (Å²) in [4.78, 5) is 20.2. The number of nitrogens with two attached hydrogens (primary N) is 1. The highest BCUT2D eigenvalue weighted by Gasteiger charge is 2.10. The summed E-state index contributed by atoms with van der Waals surface area (Å²) < 4.78 is 5.50. The van der Waals surface area contributed by atoms with E-state index in [9.17, 15) is 9.90 Å². The van der Waals surface area contributed by atoms with Crippen molar-refractivity contribution < 1.29 is 14.6 Å². The molecule has 0 saturated heterocycles. The summed E-state index contributed by atoms with van der Waals surface area (Å²) in [6, 6.07) is 3.23. The third kappa shape index (κ3) is 4.32. The molecular weight excluding hydrogens is 318 g/mol. The number of allylic oxidation sites excluding steroid dienone is 3. The summed E-state index contributed by atoms with van der Waals surface area (Å²) in [7, 11) is 0. The lowest BCUT2D eigenvalue weighted by Gasteiger charge is -2.08. The van der Waals surface area contributed by atoms with Gasteiger partial charge in [0, 0.05) is 17.8 Å². The summed E-state index contributed by atoms with van der Waals surface area (Å²) in [5, 5.41) is 10.4. The fourth-order valence-corrected chi connectivity index (χ4v) is 2.14. The van der Waals surface area contributed by atoms with Crippen LogP contribution in [0, 0.1) is 6.92 Å². The van der Waals surface area contributed by atoms with Crippen LogP contribution >= 0.6 is 0 Å². The predicted octanol–water partition coefficient (Wildman–Crippen LogP) is 2.73. The first-order valence-electron chi connectivity index (χ1n) is 7.49. The van der Waals surface area contributed by atoms with Crippen molar-refractivity contribution >= 4 is 16.7 Å². The molecule has 1 aromatic heterocycles. The molecule has 1 aromatic carbocycles.